The molecule has 0 radical (unpaired) electrons. The summed E-state index contributed by atoms with van der Waals surface area (Å²) in [5.74, 6) is 2.13. The standard InChI is InChI=1S/C15H24IN3/c1-15(2,3)12-11(16)13(17)19-14(18-12)10-8-6-4-5-7-9-10/h10H,4-9H2,1-3H3,(H2,17,18,19). The van der Waals surface area contributed by atoms with Crippen LogP contribution in [0.4, 0.5) is 5.82 Å². The van der Waals surface area contributed by atoms with Crippen molar-refractivity contribution in [1.82, 2.24) is 9.97 Å². The summed E-state index contributed by atoms with van der Waals surface area (Å²) in [6, 6.07) is 0. The minimum Gasteiger partial charge on any atom is -0.383 e. The molecule has 106 valence electrons. The van der Waals surface area contributed by atoms with Crippen LogP contribution in [0.2, 0.25) is 0 Å². The van der Waals surface area contributed by atoms with Crippen molar-refractivity contribution in [1.29, 1.82) is 0 Å². The molecule has 4 heteroatoms. The van der Waals surface area contributed by atoms with Crippen molar-refractivity contribution in [2.75, 3.05) is 5.73 Å². The fraction of sp³-hybridized carbons (Fsp3) is 0.733. The fourth-order valence-electron chi connectivity index (χ4n) is 2.70. The van der Waals surface area contributed by atoms with Crippen molar-refractivity contribution in [3.63, 3.8) is 0 Å². The number of aromatic nitrogens is 2. The van der Waals surface area contributed by atoms with Gasteiger partial charge in [0.2, 0.25) is 0 Å². The molecule has 0 saturated heterocycles. The second kappa shape index (κ2) is 5.94. The average Bonchev–Trinajstić information content (AvgIpc) is 2.59. The van der Waals surface area contributed by atoms with E-state index in [1.807, 2.05) is 0 Å². The number of hydrogen-bond acceptors (Lipinski definition) is 3. The Morgan fingerprint density at radius 2 is 1.63 bits per heavy atom. The molecule has 2 N–H and O–H groups in total. The Kier molecular flexibility index (Phi) is 4.69. The lowest BCUT2D eigenvalue weighted by molar-refractivity contribution is 0.525. The topological polar surface area (TPSA) is 51.8 Å². The van der Waals surface area contributed by atoms with Crippen molar-refractivity contribution in [3.05, 3.63) is 15.1 Å². The zero-order valence-corrected chi connectivity index (χ0v) is 14.3. The molecule has 1 fully saturated rings. The Bertz CT molecular complexity index is 443. The normalized spacial score (nSPS) is 18.3. The molecule has 0 aromatic carbocycles. The molecule has 0 aliphatic heterocycles. The number of anilines is 1. The van der Waals surface area contributed by atoms with E-state index in [4.69, 9.17) is 10.7 Å². The van der Waals surface area contributed by atoms with Crippen molar-refractivity contribution in [2.45, 2.75) is 70.6 Å². The van der Waals surface area contributed by atoms with Gasteiger partial charge >= 0.3 is 0 Å². The summed E-state index contributed by atoms with van der Waals surface area (Å²) in [4.78, 5) is 9.44. The number of nitrogen functional groups attached to an aromatic ring is 1. The molecule has 1 aliphatic carbocycles. The van der Waals surface area contributed by atoms with Gasteiger partial charge in [0.15, 0.2) is 0 Å². The highest BCUT2D eigenvalue weighted by atomic mass is 127. The minimum atomic E-state index is 0.0209. The van der Waals surface area contributed by atoms with Crippen LogP contribution in [-0.2, 0) is 5.41 Å². The number of hydrogen-bond donors (Lipinski definition) is 1. The molecule has 1 aliphatic rings. The van der Waals surface area contributed by atoms with Crippen LogP contribution in [0.5, 0.6) is 0 Å². The van der Waals surface area contributed by atoms with E-state index in [0.717, 1.165) is 15.1 Å². The Morgan fingerprint density at radius 1 is 1.05 bits per heavy atom. The van der Waals surface area contributed by atoms with Crippen LogP contribution in [0, 0.1) is 3.57 Å². The van der Waals surface area contributed by atoms with Crippen LogP contribution in [0.15, 0.2) is 0 Å². The van der Waals surface area contributed by atoms with Gasteiger partial charge in [-0.3, -0.25) is 0 Å². The number of halogens is 1. The zero-order valence-electron chi connectivity index (χ0n) is 12.2. The van der Waals surface area contributed by atoms with Crippen LogP contribution in [0.3, 0.4) is 0 Å². The van der Waals surface area contributed by atoms with E-state index < -0.39 is 0 Å². The van der Waals surface area contributed by atoms with E-state index in [9.17, 15) is 0 Å². The van der Waals surface area contributed by atoms with E-state index in [1.165, 1.54) is 38.5 Å². The van der Waals surface area contributed by atoms with Crippen LogP contribution in [-0.4, -0.2) is 9.97 Å². The van der Waals surface area contributed by atoms with Crippen LogP contribution in [0.1, 0.15) is 76.7 Å². The van der Waals surface area contributed by atoms with E-state index in [2.05, 4.69) is 48.3 Å². The van der Waals surface area contributed by atoms with Crippen molar-refractivity contribution in [3.8, 4) is 0 Å². The summed E-state index contributed by atoms with van der Waals surface area (Å²) in [5, 5.41) is 0. The average molecular weight is 373 g/mol. The molecule has 1 aromatic heterocycles. The molecular formula is C15H24IN3. The second-order valence-corrected chi connectivity index (χ2v) is 7.65. The highest BCUT2D eigenvalue weighted by molar-refractivity contribution is 14.1. The number of rotatable bonds is 1. The molecule has 0 atom stereocenters. The van der Waals surface area contributed by atoms with E-state index >= 15 is 0 Å². The van der Waals surface area contributed by atoms with Crippen molar-refractivity contribution >= 4 is 28.4 Å². The largest absolute Gasteiger partial charge is 0.383 e. The lowest BCUT2D eigenvalue weighted by Gasteiger charge is -2.23. The van der Waals surface area contributed by atoms with Crippen LogP contribution < -0.4 is 5.73 Å². The van der Waals surface area contributed by atoms with Gasteiger partial charge in [-0.15, -0.1) is 0 Å². The number of nitrogens with two attached hydrogens (primary N) is 1. The predicted molar refractivity (Wildman–Crippen MR) is 88.3 cm³/mol. The molecule has 19 heavy (non-hydrogen) atoms. The van der Waals surface area contributed by atoms with E-state index in [-0.39, 0.29) is 5.41 Å². The first-order valence-corrected chi connectivity index (χ1v) is 8.31. The zero-order chi connectivity index (χ0) is 14.0. The Labute approximate surface area is 129 Å². The van der Waals surface area contributed by atoms with Gasteiger partial charge in [0.1, 0.15) is 11.6 Å². The van der Waals surface area contributed by atoms with Crippen LogP contribution >= 0.6 is 22.6 Å². The summed E-state index contributed by atoms with van der Waals surface area (Å²) in [6.07, 6.45) is 7.72. The summed E-state index contributed by atoms with van der Waals surface area (Å²) in [7, 11) is 0. The van der Waals surface area contributed by atoms with Gasteiger partial charge in [0.25, 0.3) is 0 Å². The van der Waals surface area contributed by atoms with Crippen LogP contribution in [0.25, 0.3) is 0 Å². The Morgan fingerprint density at radius 3 is 2.16 bits per heavy atom. The molecule has 2 rings (SSSR count). The summed E-state index contributed by atoms with van der Waals surface area (Å²) >= 11 is 2.28. The quantitative estimate of drug-likeness (QED) is 0.587. The first-order valence-electron chi connectivity index (χ1n) is 7.23. The van der Waals surface area contributed by atoms with Crippen molar-refractivity contribution < 1.29 is 0 Å². The third-order valence-electron chi connectivity index (χ3n) is 3.82. The molecule has 0 spiro atoms. The molecule has 0 bridgehead atoms. The predicted octanol–water partition coefficient (Wildman–Crippen LogP) is 4.40. The molecule has 1 heterocycles. The maximum Gasteiger partial charge on any atom is 0.140 e. The Hall–Kier alpha value is -0.390. The molecule has 0 unspecified atom stereocenters. The fourth-order valence-corrected chi connectivity index (χ4v) is 3.75. The monoisotopic (exact) mass is 373 g/mol. The molecule has 1 saturated carbocycles. The summed E-state index contributed by atoms with van der Waals surface area (Å²) in [5.41, 5.74) is 7.22. The highest BCUT2D eigenvalue weighted by Crippen LogP contribution is 2.34. The van der Waals surface area contributed by atoms with Gasteiger partial charge in [-0.2, -0.15) is 0 Å². The highest BCUT2D eigenvalue weighted by Gasteiger charge is 2.25. The van der Waals surface area contributed by atoms with Gasteiger partial charge in [-0.25, -0.2) is 9.97 Å². The summed E-state index contributed by atoms with van der Waals surface area (Å²) < 4.78 is 1.02. The first-order chi connectivity index (χ1) is 8.89. The molecule has 1 aromatic rings. The maximum absolute atomic E-state index is 6.11. The van der Waals surface area contributed by atoms with Gasteiger partial charge in [0.05, 0.1) is 9.26 Å². The molecular weight excluding hydrogens is 349 g/mol. The second-order valence-electron chi connectivity index (χ2n) is 6.57. The van der Waals surface area contributed by atoms with Gasteiger partial charge in [-0.1, -0.05) is 46.5 Å². The van der Waals surface area contributed by atoms with Gasteiger partial charge < -0.3 is 5.73 Å². The smallest absolute Gasteiger partial charge is 0.140 e. The molecule has 3 nitrogen and oxygen atoms in total. The van der Waals surface area contributed by atoms with Gasteiger partial charge in [-0.05, 0) is 35.4 Å². The van der Waals surface area contributed by atoms with Gasteiger partial charge in [0, 0.05) is 11.3 Å². The van der Waals surface area contributed by atoms with Crippen molar-refractivity contribution in [2.24, 2.45) is 0 Å². The third-order valence-corrected chi connectivity index (χ3v) is 4.89. The lowest BCUT2D eigenvalue weighted by Crippen LogP contribution is -2.20. The van der Waals surface area contributed by atoms with E-state index in [0.29, 0.717) is 11.7 Å². The van der Waals surface area contributed by atoms with E-state index in [1.54, 1.807) is 0 Å². The molecule has 0 amide bonds. The first kappa shape index (κ1) is 15.0. The number of nitrogens with zero attached hydrogens (tertiary/aromatic N) is 2. The lowest BCUT2D eigenvalue weighted by atomic mass is 9.91. The Balaban J connectivity index is 2.38. The maximum atomic E-state index is 6.11. The minimum absolute atomic E-state index is 0.0209. The summed E-state index contributed by atoms with van der Waals surface area (Å²) in [6.45, 7) is 6.56. The SMILES string of the molecule is CC(C)(C)c1nc(C2CCCCCC2)nc(N)c1I. The third kappa shape index (κ3) is 3.58.